The van der Waals surface area contributed by atoms with Crippen LogP contribution in [-0.4, -0.2) is 44.3 Å². The Kier molecular flexibility index (Phi) is 27.7. The fourth-order valence-electron chi connectivity index (χ4n) is 1.23. The van der Waals surface area contributed by atoms with Crippen molar-refractivity contribution in [2.75, 3.05) is 26.4 Å². The van der Waals surface area contributed by atoms with E-state index in [-0.39, 0.29) is 5.97 Å². The molecule has 0 saturated carbocycles. The standard InChI is InChI=1S/C7H6ClNO2.C7H12O3.C7H12O2/c1-2-6(4-3-5-9)7(10)11-8;1-3-7(8)10-6-5-9-4-2;1-3-5-6-9-7(8)4-2/h2-4,6H,1H2;3H,1,4-6H2,2H3;4H,2-3,5-6H2,1H3. The number of unbranched alkanes of at least 4 members (excludes halogenated alkanes) is 1. The number of hydrogen-bond acceptors (Lipinski definition) is 8. The number of nitriles is 1. The molecule has 0 heterocycles. The van der Waals surface area contributed by atoms with Crippen LogP contribution < -0.4 is 0 Å². The quantitative estimate of drug-likeness (QED) is 0.147. The van der Waals surface area contributed by atoms with Gasteiger partial charge < -0.3 is 18.5 Å². The molecule has 168 valence electrons. The van der Waals surface area contributed by atoms with E-state index in [9.17, 15) is 14.4 Å². The summed E-state index contributed by atoms with van der Waals surface area (Å²) in [5.74, 6) is -2.02. The molecule has 30 heavy (non-hydrogen) atoms. The van der Waals surface area contributed by atoms with Crippen LogP contribution in [0.15, 0.2) is 50.1 Å². The molecule has 0 rings (SSSR count). The molecule has 0 amide bonds. The van der Waals surface area contributed by atoms with E-state index in [1.54, 1.807) is 6.07 Å². The molecule has 0 aliphatic carbocycles. The third-order valence-electron chi connectivity index (χ3n) is 2.73. The molecule has 1 unspecified atom stereocenters. The van der Waals surface area contributed by atoms with Crippen molar-refractivity contribution in [2.24, 2.45) is 5.92 Å². The van der Waals surface area contributed by atoms with Gasteiger partial charge in [-0.3, -0.25) is 0 Å². The summed E-state index contributed by atoms with van der Waals surface area (Å²) in [6, 6.07) is 1.73. The van der Waals surface area contributed by atoms with Gasteiger partial charge in [0.2, 0.25) is 0 Å². The zero-order valence-corrected chi connectivity index (χ0v) is 18.3. The number of halogens is 1. The van der Waals surface area contributed by atoms with Crippen molar-refractivity contribution in [1.29, 1.82) is 5.26 Å². The lowest BCUT2D eigenvalue weighted by atomic mass is 10.1. The summed E-state index contributed by atoms with van der Waals surface area (Å²) in [6.07, 6.45) is 8.13. The van der Waals surface area contributed by atoms with E-state index in [2.05, 4.69) is 33.5 Å². The van der Waals surface area contributed by atoms with Gasteiger partial charge >= 0.3 is 17.9 Å². The Hall–Kier alpha value is -2.89. The number of rotatable bonds is 12. The zero-order valence-electron chi connectivity index (χ0n) is 17.5. The monoisotopic (exact) mass is 443 g/mol. The van der Waals surface area contributed by atoms with Crippen molar-refractivity contribution in [2.45, 2.75) is 26.7 Å². The van der Waals surface area contributed by atoms with Crippen LogP contribution in [0.1, 0.15) is 26.7 Å². The van der Waals surface area contributed by atoms with Crippen LogP contribution in [0.4, 0.5) is 0 Å². The molecule has 0 saturated heterocycles. The Labute approximate surface area is 183 Å². The second-order valence-electron chi connectivity index (χ2n) is 4.94. The fraction of sp³-hybridized carbons (Fsp3) is 0.429. The van der Waals surface area contributed by atoms with E-state index in [1.165, 1.54) is 24.3 Å². The van der Waals surface area contributed by atoms with Gasteiger partial charge in [-0.05, 0) is 13.3 Å². The van der Waals surface area contributed by atoms with Gasteiger partial charge in [-0.25, -0.2) is 14.4 Å². The zero-order chi connectivity index (χ0) is 23.6. The minimum atomic E-state index is -0.646. The molecule has 0 aliphatic heterocycles. The number of hydrogen-bond donors (Lipinski definition) is 0. The van der Waals surface area contributed by atoms with Gasteiger partial charge in [-0.2, -0.15) is 5.26 Å². The summed E-state index contributed by atoms with van der Waals surface area (Å²) in [4.78, 5) is 31.4. The van der Waals surface area contributed by atoms with Gasteiger partial charge in [-0.1, -0.05) is 38.7 Å². The molecular formula is C21H30ClNO7. The molecule has 9 heteroatoms. The third-order valence-corrected chi connectivity index (χ3v) is 2.88. The van der Waals surface area contributed by atoms with Crippen molar-refractivity contribution < 1.29 is 32.9 Å². The Morgan fingerprint density at radius 3 is 2.00 bits per heavy atom. The summed E-state index contributed by atoms with van der Waals surface area (Å²) in [5, 5.41) is 8.11. The molecule has 1 atom stereocenters. The van der Waals surface area contributed by atoms with Crippen molar-refractivity contribution in [3.8, 4) is 6.07 Å². The maximum Gasteiger partial charge on any atom is 0.335 e. The normalized spacial score (nSPS) is 9.93. The van der Waals surface area contributed by atoms with E-state index in [0.717, 1.165) is 18.9 Å². The average molecular weight is 444 g/mol. The van der Waals surface area contributed by atoms with Crippen molar-refractivity contribution in [3.63, 3.8) is 0 Å². The van der Waals surface area contributed by atoms with Gasteiger partial charge in [-0.15, -0.1) is 6.58 Å². The smallest absolute Gasteiger partial charge is 0.335 e. The van der Waals surface area contributed by atoms with Gasteiger partial charge in [0.15, 0.2) is 0 Å². The highest BCUT2D eigenvalue weighted by Crippen LogP contribution is 2.04. The molecule has 8 nitrogen and oxygen atoms in total. The van der Waals surface area contributed by atoms with Crippen LogP contribution in [-0.2, 0) is 32.9 Å². The molecule has 0 aromatic rings. The molecule has 0 N–H and O–H groups in total. The van der Waals surface area contributed by atoms with E-state index in [1.807, 2.05) is 13.8 Å². The Bertz CT molecular complexity index is 582. The Balaban J connectivity index is -0.000000366. The minimum absolute atomic E-state index is 0.304. The fourth-order valence-corrected chi connectivity index (χ4v) is 1.33. The minimum Gasteiger partial charge on any atom is -0.463 e. The van der Waals surface area contributed by atoms with Crippen LogP contribution in [0.5, 0.6) is 0 Å². The van der Waals surface area contributed by atoms with Crippen molar-refractivity contribution >= 4 is 29.8 Å². The van der Waals surface area contributed by atoms with E-state index >= 15 is 0 Å². The summed E-state index contributed by atoms with van der Waals surface area (Å²) >= 11 is 4.79. The predicted octanol–water partition coefficient (Wildman–Crippen LogP) is 3.83. The van der Waals surface area contributed by atoms with E-state index < -0.39 is 17.9 Å². The van der Waals surface area contributed by atoms with Gasteiger partial charge in [0.1, 0.15) is 18.5 Å². The molecular weight excluding hydrogens is 414 g/mol. The van der Waals surface area contributed by atoms with E-state index in [4.69, 9.17) is 21.9 Å². The predicted molar refractivity (Wildman–Crippen MR) is 114 cm³/mol. The van der Waals surface area contributed by atoms with Crippen LogP contribution in [0, 0.1) is 17.2 Å². The Morgan fingerprint density at radius 1 is 1.03 bits per heavy atom. The molecule has 0 aliphatic rings. The largest absolute Gasteiger partial charge is 0.463 e. The first-order chi connectivity index (χ1) is 14.4. The number of esters is 2. The summed E-state index contributed by atoms with van der Waals surface area (Å²) in [5.41, 5.74) is 0. The highest BCUT2D eigenvalue weighted by Gasteiger charge is 2.11. The van der Waals surface area contributed by atoms with Crippen molar-refractivity contribution in [1.82, 2.24) is 0 Å². The molecule has 0 fully saturated rings. The first-order valence-electron chi connectivity index (χ1n) is 9.05. The number of ether oxygens (including phenoxy) is 3. The summed E-state index contributed by atoms with van der Waals surface area (Å²) in [7, 11) is 0. The SMILES string of the molecule is C=CC(=O)OCCCC.C=CC(=O)OCCOCC.C=CC(C=CC#N)C(=O)OCl. The highest BCUT2D eigenvalue weighted by atomic mass is 35.5. The highest BCUT2D eigenvalue weighted by molar-refractivity contribution is 6.13. The lowest BCUT2D eigenvalue weighted by Crippen LogP contribution is -2.08. The summed E-state index contributed by atoms with van der Waals surface area (Å²) in [6.45, 7) is 15.7. The first-order valence-corrected chi connectivity index (χ1v) is 9.36. The van der Waals surface area contributed by atoms with Crippen LogP contribution in [0.3, 0.4) is 0 Å². The third kappa shape index (κ3) is 25.1. The van der Waals surface area contributed by atoms with Gasteiger partial charge in [0.25, 0.3) is 0 Å². The molecule has 0 aromatic heterocycles. The van der Waals surface area contributed by atoms with Gasteiger partial charge in [0, 0.05) is 24.8 Å². The topological polar surface area (TPSA) is 112 Å². The van der Waals surface area contributed by atoms with Crippen LogP contribution in [0.2, 0.25) is 0 Å². The van der Waals surface area contributed by atoms with E-state index in [0.29, 0.717) is 26.4 Å². The number of allylic oxidation sites excluding steroid dienone is 1. The second kappa shape index (κ2) is 26.1. The molecule has 0 aromatic carbocycles. The number of carbonyl (C=O) groups excluding carboxylic acids is 3. The number of carbonyl (C=O) groups is 3. The Morgan fingerprint density at radius 2 is 1.60 bits per heavy atom. The summed E-state index contributed by atoms with van der Waals surface area (Å²) < 4.78 is 18.1. The van der Waals surface area contributed by atoms with Crippen LogP contribution >= 0.6 is 11.9 Å². The number of nitrogens with zero attached hydrogens (tertiary/aromatic N) is 1. The van der Waals surface area contributed by atoms with Gasteiger partial charge in [0.05, 0.1) is 25.2 Å². The second-order valence-corrected chi connectivity index (χ2v) is 5.09. The van der Waals surface area contributed by atoms with Crippen LogP contribution in [0.25, 0.3) is 0 Å². The van der Waals surface area contributed by atoms with Crippen molar-refractivity contribution in [3.05, 3.63) is 50.1 Å². The molecule has 0 radical (unpaired) electrons. The maximum absolute atomic E-state index is 10.7. The maximum atomic E-state index is 10.7. The molecule has 0 bridgehead atoms. The first kappa shape index (κ1) is 31.8. The lowest BCUT2D eigenvalue weighted by Gasteiger charge is -2.00. The lowest BCUT2D eigenvalue weighted by molar-refractivity contribution is -0.139. The average Bonchev–Trinajstić information content (AvgIpc) is 2.77. The molecule has 0 spiro atoms.